The predicted octanol–water partition coefficient (Wildman–Crippen LogP) is 3.53. The number of aryl methyl sites for hydroxylation is 1. The third kappa shape index (κ3) is 3.00. The van der Waals surface area contributed by atoms with Crippen LogP contribution in [0.5, 0.6) is 0 Å². The molecule has 0 spiro atoms. The fourth-order valence-corrected chi connectivity index (χ4v) is 3.68. The number of nitrogens with zero attached hydrogens (tertiary/aromatic N) is 2. The molecule has 126 valence electrons. The maximum atomic E-state index is 12.9. The SMILES string of the molecule is O=C(c1noc2c1CCCC2)N1CCOC(c2ccc(Br)cc2)C1. The fourth-order valence-electron chi connectivity index (χ4n) is 3.42. The summed E-state index contributed by atoms with van der Waals surface area (Å²) in [6.07, 6.45) is 3.89. The third-order valence-electron chi connectivity index (χ3n) is 4.75. The lowest BCUT2D eigenvalue weighted by atomic mass is 9.96. The summed E-state index contributed by atoms with van der Waals surface area (Å²) in [4.78, 5) is 14.7. The number of hydrogen-bond donors (Lipinski definition) is 0. The van der Waals surface area contributed by atoms with Crippen LogP contribution in [0.25, 0.3) is 0 Å². The fraction of sp³-hybridized carbons (Fsp3) is 0.444. The van der Waals surface area contributed by atoms with E-state index in [9.17, 15) is 4.79 Å². The molecule has 1 aromatic heterocycles. The van der Waals surface area contributed by atoms with Crippen LogP contribution in [0.2, 0.25) is 0 Å². The molecule has 2 heterocycles. The van der Waals surface area contributed by atoms with Gasteiger partial charge in [-0.25, -0.2) is 0 Å². The number of carbonyl (C=O) groups excluding carboxylic acids is 1. The summed E-state index contributed by atoms with van der Waals surface area (Å²) in [5, 5.41) is 4.07. The second-order valence-electron chi connectivity index (χ2n) is 6.30. The summed E-state index contributed by atoms with van der Waals surface area (Å²) < 4.78 is 12.3. The van der Waals surface area contributed by atoms with Gasteiger partial charge in [-0.2, -0.15) is 0 Å². The van der Waals surface area contributed by atoms with Gasteiger partial charge in [0.15, 0.2) is 5.69 Å². The van der Waals surface area contributed by atoms with E-state index in [0.717, 1.165) is 47.0 Å². The van der Waals surface area contributed by atoms with Crippen molar-refractivity contribution in [1.29, 1.82) is 0 Å². The number of amides is 1. The summed E-state index contributed by atoms with van der Waals surface area (Å²) in [5.74, 6) is 0.856. The Morgan fingerprint density at radius 3 is 2.83 bits per heavy atom. The normalized spacial score (nSPS) is 20.7. The van der Waals surface area contributed by atoms with E-state index in [-0.39, 0.29) is 12.0 Å². The van der Waals surface area contributed by atoms with Crippen molar-refractivity contribution in [3.63, 3.8) is 0 Å². The van der Waals surface area contributed by atoms with Gasteiger partial charge >= 0.3 is 0 Å². The standard InChI is InChI=1S/C18H19BrN2O3/c19-13-7-5-12(6-8-13)16-11-21(9-10-23-16)18(22)17-14-3-1-2-4-15(14)24-20-17/h5-8,16H,1-4,9-11H2. The molecule has 1 saturated heterocycles. The molecule has 1 amide bonds. The molecule has 0 N–H and O–H groups in total. The van der Waals surface area contributed by atoms with E-state index in [1.54, 1.807) is 0 Å². The molecule has 1 aliphatic carbocycles. The zero-order chi connectivity index (χ0) is 16.5. The summed E-state index contributed by atoms with van der Waals surface area (Å²) in [7, 11) is 0. The van der Waals surface area contributed by atoms with Crippen molar-refractivity contribution >= 4 is 21.8 Å². The van der Waals surface area contributed by atoms with Crippen LogP contribution < -0.4 is 0 Å². The van der Waals surface area contributed by atoms with Crippen LogP contribution in [0.3, 0.4) is 0 Å². The van der Waals surface area contributed by atoms with E-state index in [0.29, 0.717) is 25.4 Å². The van der Waals surface area contributed by atoms with Crippen molar-refractivity contribution in [3.8, 4) is 0 Å². The smallest absolute Gasteiger partial charge is 0.276 e. The van der Waals surface area contributed by atoms with E-state index in [2.05, 4.69) is 21.1 Å². The van der Waals surface area contributed by atoms with Crippen molar-refractivity contribution < 1.29 is 14.1 Å². The lowest BCUT2D eigenvalue weighted by Crippen LogP contribution is -2.42. The van der Waals surface area contributed by atoms with E-state index >= 15 is 0 Å². The number of morpholine rings is 1. The largest absolute Gasteiger partial charge is 0.370 e. The van der Waals surface area contributed by atoms with Crippen LogP contribution in [-0.2, 0) is 17.6 Å². The second-order valence-corrected chi connectivity index (χ2v) is 7.22. The van der Waals surface area contributed by atoms with Crippen molar-refractivity contribution in [1.82, 2.24) is 10.1 Å². The molecule has 1 unspecified atom stereocenters. The molecule has 1 aliphatic heterocycles. The van der Waals surface area contributed by atoms with Gasteiger partial charge in [0, 0.05) is 23.0 Å². The first-order valence-corrected chi connectivity index (χ1v) is 9.15. The maximum Gasteiger partial charge on any atom is 0.276 e. The molecular formula is C18H19BrN2O3. The molecule has 0 radical (unpaired) electrons. The molecule has 1 aromatic carbocycles. The Morgan fingerprint density at radius 2 is 2.00 bits per heavy atom. The van der Waals surface area contributed by atoms with Crippen LogP contribution in [-0.4, -0.2) is 35.7 Å². The van der Waals surface area contributed by atoms with Gasteiger partial charge in [-0.3, -0.25) is 4.79 Å². The van der Waals surface area contributed by atoms with Crippen molar-refractivity contribution in [3.05, 3.63) is 51.3 Å². The first-order chi connectivity index (χ1) is 11.7. The highest BCUT2D eigenvalue weighted by atomic mass is 79.9. The number of halogens is 1. The second kappa shape index (κ2) is 6.69. The van der Waals surface area contributed by atoms with Gasteiger partial charge in [-0.15, -0.1) is 0 Å². The van der Waals surface area contributed by atoms with E-state index in [1.807, 2.05) is 29.2 Å². The first kappa shape index (κ1) is 15.8. The lowest BCUT2D eigenvalue weighted by Gasteiger charge is -2.33. The van der Waals surface area contributed by atoms with Crippen molar-refractivity contribution in [2.45, 2.75) is 31.8 Å². The third-order valence-corrected chi connectivity index (χ3v) is 5.28. The highest BCUT2D eigenvalue weighted by Gasteiger charge is 2.31. The number of aromatic nitrogens is 1. The van der Waals surface area contributed by atoms with Gasteiger partial charge in [0.2, 0.25) is 0 Å². The Morgan fingerprint density at radius 1 is 1.21 bits per heavy atom. The summed E-state index contributed by atoms with van der Waals surface area (Å²) in [6, 6.07) is 8.04. The minimum Gasteiger partial charge on any atom is -0.370 e. The molecule has 0 saturated carbocycles. The molecule has 5 nitrogen and oxygen atoms in total. The number of hydrogen-bond acceptors (Lipinski definition) is 4. The average Bonchev–Trinajstić information content (AvgIpc) is 3.06. The van der Waals surface area contributed by atoms with Crippen molar-refractivity contribution in [2.24, 2.45) is 0 Å². The van der Waals surface area contributed by atoms with Crippen LogP contribution in [0.15, 0.2) is 33.3 Å². The highest BCUT2D eigenvalue weighted by Crippen LogP contribution is 2.28. The van der Waals surface area contributed by atoms with E-state index in [4.69, 9.17) is 9.26 Å². The van der Waals surface area contributed by atoms with Gasteiger partial charge in [0.1, 0.15) is 11.9 Å². The Kier molecular flexibility index (Phi) is 4.41. The number of carbonyl (C=O) groups is 1. The Labute approximate surface area is 149 Å². The minimum absolute atomic E-state index is 0.0349. The van der Waals surface area contributed by atoms with Gasteiger partial charge in [-0.05, 0) is 37.0 Å². The van der Waals surface area contributed by atoms with Gasteiger partial charge < -0.3 is 14.2 Å². The lowest BCUT2D eigenvalue weighted by molar-refractivity contribution is -0.0231. The Hall–Kier alpha value is -1.66. The Balaban J connectivity index is 1.52. The number of rotatable bonds is 2. The molecule has 4 rings (SSSR count). The van der Waals surface area contributed by atoms with Gasteiger partial charge in [0.25, 0.3) is 5.91 Å². The first-order valence-electron chi connectivity index (χ1n) is 8.36. The zero-order valence-corrected chi connectivity index (χ0v) is 14.9. The average molecular weight is 391 g/mol. The molecular weight excluding hydrogens is 372 g/mol. The molecule has 0 bridgehead atoms. The van der Waals surface area contributed by atoms with Crippen molar-refractivity contribution in [2.75, 3.05) is 19.7 Å². The number of ether oxygens (including phenoxy) is 1. The summed E-state index contributed by atoms with van der Waals surface area (Å²) in [6.45, 7) is 1.67. The highest BCUT2D eigenvalue weighted by molar-refractivity contribution is 9.10. The molecule has 2 aromatic rings. The quantitative estimate of drug-likeness (QED) is 0.786. The molecule has 1 atom stereocenters. The predicted molar refractivity (Wildman–Crippen MR) is 91.9 cm³/mol. The molecule has 24 heavy (non-hydrogen) atoms. The minimum atomic E-state index is -0.0986. The van der Waals surface area contributed by atoms with E-state index < -0.39 is 0 Å². The number of benzene rings is 1. The monoisotopic (exact) mass is 390 g/mol. The van der Waals surface area contributed by atoms with E-state index in [1.165, 1.54) is 0 Å². The van der Waals surface area contributed by atoms with Gasteiger partial charge in [0.05, 0.1) is 13.2 Å². The van der Waals surface area contributed by atoms with Crippen LogP contribution in [0.1, 0.15) is 46.3 Å². The van der Waals surface area contributed by atoms with Gasteiger partial charge in [-0.1, -0.05) is 33.2 Å². The van der Waals surface area contributed by atoms with Crippen LogP contribution >= 0.6 is 15.9 Å². The van der Waals surface area contributed by atoms with Crippen LogP contribution in [0.4, 0.5) is 0 Å². The Bertz CT molecular complexity index is 741. The van der Waals surface area contributed by atoms with Crippen LogP contribution in [0, 0.1) is 0 Å². The summed E-state index contributed by atoms with van der Waals surface area (Å²) in [5.41, 5.74) is 2.59. The molecule has 1 fully saturated rings. The zero-order valence-electron chi connectivity index (χ0n) is 13.3. The number of fused-ring (bicyclic) bond motifs is 1. The molecule has 2 aliphatic rings. The summed E-state index contributed by atoms with van der Waals surface area (Å²) >= 11 is 3.44. The topological polar surface area (TPSA) is 55.6 Å². The molecule has 6 heteroatoms. The maximum absolute atomic E-state index is 12.9.